The SMILES string of the molecule is c1cc(-c2ccc3ccncc3c2)c2cc[nH]c2c1. The third-order valence-corrected chi connectivity index (χ3v) is 3.55. The Morgan fingerprint density at radius 3 is 2.89 bits per heavy atom. The molecule has 2 nitrogen and oxygen atoms in total. The fraction of sp³-hybridized carbons (Fsp3) is 0. The van der Waals surface area contributed by atoms with Crippen molar-refractivity contribution in [3.63, 3.8) is 0 Å². The molecular weight excluding hydrogens is 232 g/mol. The van der Waals surface area contributed by atoms with Crippen LogP contribution in [-0.2, 0) is 0 Å². The first-order valence-electron chi connectivity index (χ1n) is 6.32. The van der Waals surface area contributed by atoms with E-state index in [0.29, 0.717) is 0 Å². The number of aromatic nitrogens is 2. The number of nitrogens with one attached hydrogen (secondary N) is 1. The number of nitrogens with zero attached hydrogens (tertiary/aromatic N) is 1. The first-order valence-corrected chi connectivity index (χ1v) is 6.32. The number of H-pyrrole nitrogens is 1. The zero-order valence-electron chi connectivity index (χ0n) is 10.3. The van der Waals surface area contributed by atoms with Gasteiger partial charge in [-0.15, -0.1) is 0 Å². The molecule has 0 bridgehead atoms. The number of hydrogen-bond acceptors (Lipinski definition) is 1. The van der Waals surface area contributed by atoms with Gasteiger partial charge < -0.3 is 4.98 Å². The molecule has 0 aliphatic rings. The van der Waals surface area contributed by atoms with Crippen molar-refractivity contribution in [3.8, 4) is 11.1 Å². The van der Waals surface area contributed by atoms with Gasteiger partial charge in [-0.25, -0.2) is 0 Å². The summed E-state index contributed by atoms with van der Waals surface area (Å²) in [6.45, 7) is 0. The Morgan fingerprint density at radius 2 is 1.89 bits per heavy atom. The highest BCUT2D eigenvalue weighted by atomic mass is 14.7. The zero-order chi connectivity index (χ0) is 12.7. The van der Waals surface area contributed by atoms with Crippen LogP contribution in [0.2, 0.25) is 0 Å². The van der Waals surface area contributed by atoms with Crippen molar-refractivity contribution in [2.45, 2.75) is 0 Å². The molecule has 1 N–H and O–H groups in total. The predicted octanol–water partition coefficient (Wildman–Crippen LogP) is 4.38. The molecule has 2 aromatic carbocycles. The Morgan fingerprint density at radius 1 is 0.895 bits per heavy atom. The maximum atomic E-state index is 4.19. The van der Waals surface area contributed by atoms with E-state index >= 15 is 0 Å². The predicted molar refractivity (Wildman–Crippen MR) is 79.0 cm³/mol. The van der Waals surface area contributed by atoms with Gasteiger partial charge in [0.15, 0.2) is 0 Å². The minimum atomic E-state index is 1.17. The summed E-state index contributed by atoms with van der Waals surface area (Å²) in [5, 5.41) is 3.65. The highest BCUT2D eigenvalue weighted by molar-refractivity contribution is 5.97. The Kier molecular flexibility index (Phi) is 2.15. The first-order chi connectivity index (χ1) is 9.42. The number of pyridine rings is 1. The lowest BCUT2D eigenvalue weighted by Gasteiger charge is -2.05. The summed E-state index contributed by atoms with van der Waals surface area (Å²) in [6.07, 6.45) is 5.72. The fourth-order valence-electron chi connectivity index (χ4n) is 2.59. The molecular formula is C17H12N2. The number of hydrogen-bond donors (Lipinski definition) is 1. The van der Waals surface area contributed by atoms with Gasteiger partial charge in [0.1, 0.15) is 0 Å². The normalized spacial score (nSPS) is 11.2. The molecule has 0 fully saturated rings. The average Bonchev–Trinajstić information content (AvgIpc) is 2.95. The molecule has 2 heteroatoms. The molecule has 0 aliphatic carbocycles. The second-order valence-corrected chi connectivity index (χ2v) is 4.68. The molecule has 0 aliphatic heterocycles. The van der Waals surface area contributed by atoms with Crippen molar-refractivity contribution in [3.05, 3.63) is 67.1 Å². The third kappa shape index (κ3) is 1.61. The minimum absolute atomic E-state index is 1.17. The van der Waals surface area contributed by atoms with Crippen LogP contribution in [-0.4, -0.2) is 9.97 Å². The molecule has 0 amide bonds. The number of aromatic amines is 1. The van der Waals surface area contributed by atoms with Crippen LogP contribution >= 0.6 is 0 Å². The van der Waals surface area contributed by atoms with E-state index in [-0.39, 0.29) is 0 Å². The van der Waals surface area contributed by atoms with Crippen molar-refractivity contribution in [2.24, 2.45) is 0 Å². The van der Waals surface area contributed by atoms with E-state index in [9.17, 15) is 0 Å². The molecule has 90 valence electrons. The molecule has 2 aromatic heterocycles. The average molecular weight is 244 g/mol. The van der Waals surface area contributed by atoms with E-state index in [1.54, 1.807) is 0 Å². The van der Waals surface area contributed by atoms with Gasteiger partial charge in [0.2, 0.25) is 0 Å². The van der Waals surface area contributed by atoms with Crippen LogP contribution in [0.25, 0.3) is 32.8 Å². The molecule has 0 unspecified atom stereocenters. The van der Waals surface area contributed by atoms with Gasteiger partial charge in [-0.05, 0) is 40.8 Å². The van der Waals surface area contributed by atoms with Gasteiger partial charge in [-0.1, -0.05) is 24.3 Å². The van der Waals surface area contributed by atoms with E-state index in [0.717, 1.165) is 0 Å². The lowest BCUT2D eigenvalue weighted by molar-refractivity contribution is 1.36. The smallest absolute Gasteiger partial charge is 0.0460 e. The molecule has 0 saturated heterocycles. The van der Waals surface area contributed by atoms with Crippen molar-refractivity contribution >= 4 is 21.7 Å². The quantitative estimate of drug-likeness (QED) is 0.528. The van der Waals surface area contributed by atoms with E-state index < -0.39 is 0 Å². The van der Waals surface area contributed by atoms with E-state index in [2.05, 4.69) is 52.4 Å². The van der Waals surface area contributed by atoms with E-state index in [1.165, 1.54) is 32.8 Å². The van der Waals surface area contributed by atoms with Crippen LogP contribution in [0.5, 0.6) is 0 Å². The van der Waals surface area contributed by atoms with Crippen LogP contribution in [0.3, 0.4) is 0 Å². The Hall–Kier alpha value is -2.61. The third-order valence-electron chi connectivity index (χ3n) is 3.55. The van der Waals surface area contributed by atoms with E-state index in [4.69, 9.17) is 0 Å². The second kappa shape index (κ2) is 3.95. The van der Waals surface area contributed by atoms with Crippen molar-refractivity contribution < 1.29 is 0 Å². The zero-order valence-corrected chi connectivity index (χ0v) is 10.3. The summed E-state index contributed by atoms with van der Waals surface area (Å²) in [6, 6.07) is 17.0. The van der Waals surface area contributed by atoms with Crippen LogP contribution in [0.1, 0.15) is 0 Å². The second-order valence-electron chi connectivity index (χ2n) is 4.68. The van der Waals surface area contributed by atoms with Crippen LogP contribution in [0, 0.1) is 0 Å². The summed E-state index contributed by atoms with van der Waals surface area (Å²) in [5.41, 5.74) is 3.65. The van der Waals surface area contributed by atoms with Gasteiger partial charge >= 0.3 is 0 Å². The Balaban J connectivity index is 2.01. The van der Waals surface area contributed by atoms with Crippen LogP contribution < -0.4 is 0 Å². The standard InChI is InChI=1S/C17H12N2/c1-2-15(16-7-9-19-17(16)3-1)13-5-4-12-6-8-18-11-14(12)10-13/h1-11,19H. The molecule has 0 saturated carbocycles. The number of rotatable bonds is 1. The van der Waals surface area contributed by atoms with Crippen LogP contribution in [0.4, 0.5) is 0 Å². The lowest BCUT2D eigenvalue weighted by atomic mass is 9.99. The summed E-state index contributed by atoms with van der Waals surface area (Å²) in [5.74, 6) is 0. The van der Waals surface area contributed by atoms with Gasteiger partial charge in [0.25, 0.3) is 0 Å². The lowest BCUT2D eigenvalue weighted by Crippen LogP contribution is -1.81. The summed E-state index contributed by atoms with van der Waals surface area (Å²) < 4.78 is 0. The highest BCUT2D eigenvalue weighted by Crippen LogP contribution is 2.30. The largest absolute Gasteiger partial charge is 0.361 e. The maximum absolute atomic E-state index is 4.19. The highest BCUT2D eigenvalue weighted by Gasteiger charge is 2.05. The minimum Gasteiger partial charge on any atom is -0.361 e. The maximum Gasteiger partial charge on any atom is 0.0460 e. The Bertz CT molecular complexity index is 874. The molecule has 0 radical (unpaired) electrons. The Labute approximate surface area is 110 Å². The summed E-state index contributed by atoms with van der Waals surface area (Å²) in [7, 11) is 0. The van der Waals surface area contributed by atoms with Crippen molar-refractivity contribution in [2.75, 3.05) is 0 Å². The molecule has 0 spiro atoms. The number of fused-ring (bicyclic) bond motifs is 2. The summed E-state index contributed by atoms with van der Waals surface area (Å²) in [4.78, 5) is 7.45. The first kappa shape index (κ1) is 10.3. The van der Waals surface area contributed by atoms with Crippen molar-refractivity contribution in [1.29, 1.82) is 0 Å². The molecule has 2 heterocycles. The summed E-state index contributed by atoms with van der Waals surface area (Å²) >= 11 is 0. The van der Waals surface area contributed by atoms with Gasteiger partial charge in [0, 0.05) is 34.9 Å². The molecule has 4 aromatic rings. The monoisotopic (exact) mass is 244 g/mol. The van der Waals surface area contributed by atoms with Gasteiger partial charge in [0.05, 0.1) is 0 Å². The fourth-order valence-corrected chi connectivity index (χ4v) is 2.59. The van der Waals surface area contributed by atoms with Gasteiger partial charge in [-0.2, -0.15) is 0 Å². The topological polar surface area (TPSA) is 28.7 Å². The van der Waals surface area contributed by atoms with Crippen LogP contribution in [0.15, 0.2) is 67.1 Å². The van der Waals surface area contributed by atoms with Crippen molar-refractivity contribution in [1.82, 2.24) is 9.97 Å². The van der Waals surface area contributed by atoms with E-state index in [1.807, 2.05) is 24.7 Å². The number of benzene rings is 2. The molecule has 0 atom stereocenters. The van der Waals surface area contributed by atoms with Gasteiger partial charge in [-0.3, -0.25) is 4.98 Å². The molecule has 4 rings (SSSR count). The molecule has 19 heavy (non-hydrogen) atoms.